The van der Waals surface area contributed by atoms with Gasteiger partial charge >= 0.3 is 0 Å². The predicted octanol–water partition coefficient (Wildman–Crippen LogP) is 2.35. The molecule has 0 aliphatic rings. The van der Waals surface area contributed by atoms with E-state index in [1.807, 2.05) is 7.05 Å². The Bertz CT molecular complexity index is 134. The second kappa shape index (κ2) is 7.24. The van der Waals surface area contributed by atoms with Crippen LogP contribution in [0.5, 0.6) is 0 Å². The van der Waals surface area contributed by atoms with Crippen LogP contribution in [0.2, 0.25) is 0 Å². The molecule has 1 N–H and O–H groups in total. The highest BCUT2D eigenvalue weighted by atomic mass is 15.2. The maximum absolute atomic E-state index is 3.20. The fourth-order valence-electron chi connectivity index (χ4n) is 1.65. The van der Waals surface area contributed by atoms with Crippen molar-refractivity contribution < 1.29 is 0 Å². The first-order valence-corrected chi connectivity index (χ1v) is 5.87. The third-order valence-corrected chi connectivity index (χ3v) is 3.35. The highest BCUT2D eigenvalue weighted by Crippen LogP contribution is 2.13. The molecule has 0 radical (unpaired) electrons. The zero-order valence-corrected chi connectivity index (χ0v) is 10.8. The van der Waals surface area contributed by atoms with Gasteiger partial charge in [0.15, 0.2) is 0 Å². The van der Waals surface area contributed by atoms with Gasteiger partial charge in [-0.1, -0.05) is 13.8 Å². The molecule has 0 fully saturated rings. The number of hydrogen-bond acceptors (Lipinski definition) is 2. The van der Waals surface area contributed by atoms with Gasteiger partial charge in [-0.25, -0.2) is 0 Å². The van der Waals surface area contributed by atoms with E-state index in [0.717, 1.165) is 12.5 Å². The first kappa shape index (κ1) is 13.9. The molecule has 2 nitrogen and oxygen atoms in total. The monoisotopic (exact) mass is 200 g/mol. The lowest BCUT2D eigenvalue weighted by molar-refractivity contribution is 0.150. The molecule has 0 bridgehead atoms. The molecule has 0 aromatic heterocycles. The van der Waals surface area contributed by atoms with E-state index in [2.05, 4.69) is 45.0 Å². The molecule has 0 saturated heterocycles. The summed E-state index contributed by atoms with van der Waals surface area (Å²) in [7, 11) is 4.26. The summed E-state index contributed by atoms with van der Waals surface area (Å²) in [5, 5.41) is 3.20. The number of nitrogens with one attached hydrogen (secondary N) is 1. The minimum atomic E-state index is 0.680. The second-order valence-corrected chi connectivity index (χ2v) is 4.74. The molecule has 14 heavy (non-hydrogen) atoms. The number of hydrogen-bond donors (Lipinski definition) is 1. The van der Waals surface area contributed by atoms with Crippen molar-refractivity contribution in [3.63, 3.8) is 0 Å². The van der Waals surface area contributed by atoms with Gasteiger partial charge in [-0.15, -0.1) is 0 Å². The highest BCUT2D eigenvalue weighted by molar-refractivity contribution is 4.72. The summed E-state index contributed by atoms with van der Waals surface area (Å²) in [4.78, 5) is 2.50. The van der Waals surface area contributed by atoms with E-state index in [1.54, 1.807) is 0 Å². The molecule has 0 aromatic carbocycles. The lowest BCUT2D eigenvalue weighted by Gasteiger charge is -2.33. The average Bonchev–Trinajstić information content (AvgIpc) is 2.15. The molecule has 2 unspecified atom stereocenters. The molecule has 2 heteroatoms. The van der Waals surface area contributed by atoms with Crippen LogP contribution in [0, 0.1) is 5.92 Å². The van der Waals surface area contributed by atoms with Gasteiger partial charge in [-0.2, -0.15) is 0 Å². The quantitative estimate of drug-likeness (QED) is 0.635. The predicted molar refractivity (Wildman–Crippen MR) is 64.7 cm³/mol. The van der Waals surface area contributed by atoms with Gasteiger partial charge in [0.25, 0.3) is 0 Å². The van der Waals surface area contributed by atoms with Crippen LogP contribution >= 0.6 is 0 Å². The summed E-state index contributed by atoms with van der Waals surface area (Å²) in [6.07, 6.45) is 2.56. The molecule has 0 aliphatic carbocycles. The summed E-state index contributed by atoms with van der Waals surface area (Å²) in [5.74, 6) is 0.742. The summed E-state index contributed by atoms with van der Waals surface area (Å²) in [6, 6.07) is 1.38. The fourth-order valence-corrected chi connectivity index (χ4v) is 1.65. The maximum Gasteiger partial charge on any atom is 0.00896 e. The third-order valence-electron chi connectivity index (χ3n) is 3.35. The van der Waals surface area contributed by atoms with Gasteiger partial charge in [-0.3, -0.25) is 0 Å². The summed E-state index contributed by atoms with van der Waals surface area (Å²) >= 11 is 0. The van der Waals surface area contributed by atoms with Crippen LogP contribution in [-0.4, -0.2) is 37.6 Å². The molecule has 86 valence electrons. The van der Waals surface area contributed by atoms with Crippen LogP contribution in [0.25, 0.3) is 0 Å². The summed E-state index contributed by atoms with van der Waals surface area (Å²) < 4.78 is 0. The highest BCUT2D eigenvalue weighted by Gasteiger charge is 2.17. The number of rotatable bonds is 7. The molecule has 0 amide bonds. The van der Waals surface area contributed by atoms with Gasteiger partial charge in [-0.05, 0) is 53.2 Å². The Kier molecular flexibility index (Phi) is 7.20. The molecule has 0 aromatic rings. The number of nitrogens with zero attached hydrogens (tertiary/aromatic N) is 1. The SMILES string of the molecule is CNCCCC(C)N(C)C(C)C(C)C. The molecule has 0 saturated carbocycles. The largest absolute Gasteiger partial charge is 0.320 e. The van der Waals surface area contributed by atoms with Crippen molar-refractivity contribution in [3.8, 4) is 0 Å². The van der Waals surface area contributed by atoms with Gasteiger partial charge in [0.05, 0.1) is 0 Å². The smallest absolute Gasteiger partial charge is 0.00896 e. The Labute approximate surface area is 90.1 Å². The molecule has 0 aliphatic heterocycles. The van der Waals surface area contributed by atoms with Gasteiger partial charge < -0.3 is 10.2 Å². The Hall–Kier alpha value is -0.0800. The molecule has 2 atom stereocenters. The van der Waals surface area contributed by atoms with Crippen LogP contribution in [0.3, 0.4) is 0 Å². The van der Waals surface area contributed by atoms with Crippen molar-refractivity contribution in [3.05, 3.63) is 0 Å². The first-order valence-electron chi connectivity index (χ1n) is 5.87. The minimum Gasteiger partial charge on any atom is -0.320 e. The maximum atomic E-state index is 3.20. The normalized spacial score (nSPS) is 16.3. The topological polar surface area (TPSA) is 15.3 Å². The lowest BCUT2D eigenvalue weighted by atomic mass is 10.0. The Morgan fingerprint density at radius 2 is 1.71 bits per heavy atom. The molecular weight excluding hydrogens is 172 g/mol. The summed E-state index contributed by atoms with van der Waals surface area (Å²) in [6.45, 7) is 10.4. The molecule has 0 rings (SSSR count). The standard InChI is InChI=1S/C12H28N2/c1-10(2)12(4)14(6)11(3)8-7-9-13-5/h10-13H,7-9H2,1-6H3. The van der Waals surface area contributed by atoms with Crippen LogP contribution in [0.15, 0.2) is 0 Å². The van der Waals surface area contributed by atoms with E-state index in [-0.39, 0.29) is 0 Å². The second-order valence-electron chi connectivity index (χ2n) is 4.74. The molecular formula is C12H28N2. The van der Waals surface area contributed by atoms with E-state index >= 15 is 0 Å². The van der Waals surface area contributed by atoms with Crippen molar-refractivity contribution in [2.75, 3.05) is 20.6 Å². The zero-order chi connectivity index (χ0) is 11.1. The molecule has 0 spiro atoms. The Balaban J connectivity index is 3.80. The van der Waals surface area contributed by atoms with E-state index in [9.17, 15) is 0 Å². The average molecular weight is 200 g/mol. The summed E-state index contributed by atoms with van der Waals surface area (Å²) in [5.41, 5.74) is 0. The van der Waals surface area contributed by atoms with Gasteiger partial charge in [0, 0.05) is 12.1 Å². The van der Waals surface area contributed by atoms with Gasteiger partial charge in [0.1, 0.15) is 0 Å². The van der Waals surface area contributed by atoms with Crippen molar-refractivity contribution in [1.29, 1.82) is 0 Å². The van der Waals surface area contributed by atoms with E-state index < -0.39 is 0 Å². The molecule has 0 heterocycles. The van der Waals surface area contributed by atoms with Crippen molar-refractivity contribution in [1.82, 2.24) is 10.2 Å². The van der Waals surface area contributed by atoms with Gasteiger partial charge in [0.2, 0.25) is 0 Å². The minimum absolute atomic E-state index is 0.680. The first-order chi connectivity index (χ1) is 6.50. The van der Waals surface area contributed by atoms with E-state index in [4.69, 9.17) is 0 Å². The van der Waals surface area contributed by atoms with E-state index in [1.165, 1.54) is 12.8 Å². The Morgan fingerprint density at radius 3 is 2.14 bits per heavy atom. The van der Waals surface area contributed by atoms with Crippen molar-refractivity contribution in [2.45, 2.75) is 52.6 Å². The van der Waals surface area contributed by atoms with Crippen molar-refractivity contribution >= 4 is 0 Å². The third kappa shape index (κ3) is 4.97. The van der Waals surface area contributed by atoms with E-state index in [0.29, 0.717) is 12.1 Å². The van der Waals surface area contributed by atoms with Crippen LogP contribution < -0.4 is 5.32 Å². The van der Waals surface area contributed by atoms with Crippen molar-refractivity contribution in [2.24, 2.45) is 5.92 Å². The van der Waals surface area contributed by atoms with Crippen LogP contribution in [-0.2, 0) is 0 Å². The van der Waals surface area contributed by atoms with Crippen LogP contribution in [0.4, 0.5) is 0 Å². The fraction of sp³-hybridized carbons (Fsp3) is 1.00. The van der Waals surface area contributed by atoms with Crippen LogP contribution in [0.1, 0.15) is 40.5 Å². The Morgan fingerprint density at radius 1 is 1.14 bits per heavy atom. The zero-order valence-electron chi connectivity index (χ0n) is 10.8. The lowest BCUT2D eigenvalue weighted by Crippen LogP contribution is -2.40.